The van der Waals surface area contributed by atoms with Crippen molar-refractivity contribution in [2.45, 2.75) is 19.8 Å². The van der Waals surface area contributed by atoms with Gasteiger partial charge >= 0.3 is 6.03 Å². The van der Waals surface area contributed by atoms with E-state index in [1.165, 1.54) is 0 Å². The molecule has 6 heteroatoms. The number of hydrogen-bond donors (Lipinski definition) is 1. The molecular weight excluding hydrogens is 298 g/mol. The Morgan fingerprint density at radius 3 is 3.05 bits per heavy atom. The molecule has 0 saturated carbocycles. The van der Waals surface area contributed by atoms with Crippen LogP contribution in [0.2, 0.25) is 0 Å². The summed E-state index contributed by atoms with van der Waals surface area (Å²) in [5.74, 6) is 1.88. The molecule has 1 atom stereocenters. The van der Waals surface area contributed by atoms with Gasteiger partial charge in [0.2, 0.25) is 0 Å². The van der Waals surface area contributed by atoms with E-state index in [4.69, 9.17) is 0 Å². The lowest BCUT2D eigenvalue weighted by molar-refractivity contribution is 0.0841. The van der Waals surface area contributed by atoms with Gasteiger partial charge in [-0.1, -0.05) is 13.0 Å². The molecule has 0 spiro atoms. The highest BCUT2D eigenvalue weighted by Crippen LogP contribution is 2.20. The molecule has 0 radical (unpaired) electrons. The Morgan fingerprint density at radius 1 is 1.45 bits per heavy atom. The van der Waals surface area contributed by atoms with Crippen LogP contribution < -0.4 is 5.32 Å². The fourth-order valence-corrected chi connectivity index (χ4v) is 3.11. The fourth-order valence-electron chi connectivity index (χ4n) is 2.58. The van der Waals surface area contributed by atoms with Crippen molar-refractivity contribution in [3.05, 3.63) is 30.1 Å². The first-order chi connectivity index (χ1) is 10.7. The van der Waals surface area contributed by atoms with Crippen LogP contribution in [0.3, 0.4) is 0 Å². The second-order valence-corrected chi connectivity index (χ2v) is 6.69. The smallest absolute Gasteiger partial charge is 0.317 e. The number of Topliss-reactive ketones (excluding diaryl/α,β-unsaturated/α-hetero) is 1. The van der Waals surface area contributed by atoms with Crippen molar-refractivity contribution < 1.29 is 9.59 Å². The number of rotatable bonds is 6. The minimum absolute atomic E-state index is 0.0413. The summed E-state index contributed by atoms with van der Waals surface area (Å²) in [6, 6.07) is 5.30. The monoisotopic (exact) mass is 321 g/mol. The zero-order chi connectivity index (χ0) is 15.8. The second-order valence-electron chi connectivity index (χ2n) is 5.29. The van der Waals surface area contributed by atoms with Gasteiger partial charge in [-0.3, -0.25) is 9.78 Å². The lowest BCUT2D eigenvalue weighted by Gasteiger charge is -2.31. The van der Waals surface area contributed by atoms with Crippen molar-refractivity contribution >= 4 is 23.6 Å². The van der Waals surface area contributed by atoms with Crippen LogP contribution >= 0.6 is 11.8 Å². The molecule has 1 N–H and O–H groups in total. The Morgan fingerprint density at radius 2 is 2.32 bits per heavy atom. The Bertz CT molecular complexity index is 495. The molecule has 2 heterocycles. The first kappa shape index (κ1) is 16.8. The number of aromatic nitrogens is 1. The molecule has 120 valence electrons. The summed E-state index contributed by atoms with van der Waals surface area (Å²) in [5, 5.41) is 2.93. The van der Waals surface area contributed by atoms with Crippen molar-refractivity contribution in [1.29, 1.82) is 0 Å². The normalized spacial score (nSPS) is 18.0. The average molecular weight is 321 g/mol. The topological polar surface area (TPSA) is 62.3 Å². The van der Waals surface area contributed by atoms with Gasteiger partial charge < -0.3 is 10.2 Å². The van der Waals surface area contributed by atoms with Crippen LogP contribution in [-0.2, 0) is 0 Å². The predicted octanol–water partition coefficient (Wildman–Crippen LogP) is 2.44. The molecule has 1 aromatic rings. The van der Waals surface area contributed by atoms with Crippen molar-refractivity contribution in [2.75, 3.05) is 31.1 Å². The number of ketones is 1. The lowest BCUT2D eigenvalue weighted by atomic mass is 9.92. The molecule has 1 fully saturated rings. The van der Waals surface area contributed by atoms with E-state index in [2.05, 4.69) is 17.2 Å². The predicted molar refractivity (Wildman–Crippen MR) is 89.3 cm³/mol. The summed E-state index contributed by atoms with van der Waals surface area (Å²) >= 11 is 1.80. The van der Waals surface area contributed by atoms with Gasteiger partial charge in [-0.25, -0.2) is 4.79 Å². The van der Waals surface area contributed by atoms with E-state index < -0.39 is 0 Å². The van der Waals surface area contributed by atoms with Crippen molar-refractivity contribution in [3.8, 4) is 0 Å². The van der Waals surface area contributed by atoms with Crippen molar-refractivity contribution in [2.24, 2.45) is 5.92 Å². The maximum atomic E-state index is 12.4. The lowest BCUT2D eigenvalue weighted by Crippen LogP contribution is -2.47. The van der Waals surface area contributed by atoms with Gasteiger partial charge in [0, 0.05) is 37.5 Å². The highest BCUT2D eigenvalue weighted by atomic mass is 32.2. The molecule has 1 aromatic heterocycles. The van der Waals surface area contributed by atoms with E-state index in [1.54, 1.807) is 35.0 Å². The van der Waals surface area contributed by atoms with Gasteiger partial charge in [0.15, 0.2) is 5.78 Å². The SMILES string of the molecule is CCSCCNC(=O)N1CCC[C@H](C(=O)c2ccccn2)C1. The van der Waals surface area contributed by atoms with Crippen molar-refractivity contribution in [1.82, 2.24) is 15.2 Å². The van der Waals surface area contributed by atoms with Gasteiger partial charge in [0.25, 0.3) is 0 Å². The number of likely N-dealkylation sites (tertiary alicyclic amines) is 1. The molecule has 0 aliphatic carbocycles. The summed E-state index contributed by atoms with van der Waals surface area (Å²) in [6.07, 6.45) is 3.32. The molecule has 1 saturated heterocycles. The van der Waals surface area contributed by atoms with Crippen LogP contribution in [0, 0.1) is 5.92 Å². The number of carbonyl (C=O) groups is 2. The van der Waals surface area contributed by atoms with E-state index >= 15 is 0 Å². The Labute approximate surface area is 135 Å². The maximum absolute atomic E-state index is 12.4. The average Bonchev–Trinajstić information content (AvgIpc) is 2.59. The Kier molecular flexibility index (Phi) is 6.71. The zero-order valence-electron chi connectivity index (χ0n) is 13.0. The van der Waals surface area contributed by atoms with Gasteiger partial charge in [-0.2, -0.15) is 11.8 Å². The zero-order valence-corrected chi connectivity index (χ0v) is 13.8. The van der Waals surface area contributed by atoms with Crippen LogP contribution in [0.4, 0.5) is 4.79 Å². The van der Waals surface area contributed by atoms with Crippen molar-refractivity contribution in [3.63, 3.8) is 0 Å². The number of thioether (sulfide) groups is 1. The first-order valence-corrected chi connectivity index (χ1v) is 8.93. The van der Waals surface area contributed by atoms with E-state index in [0.717, 1.165) is 30.9 Å². The number of carbonyl (C=O) groups excluding carboxylic acids is 2. The van der Waals surface area contributed by atoms with Gasteiger partial charge in [0.05, 0.1) is 0 Å². The number of nitrogens with one attached hydrogen (secondary N) is 1. The van der Waals surface area contributed by atoms with E-state index in [1.807, 2.05) is 6.07 Å². The molecule has 5 nitrogen and oxygen atoms in total. The first-order valence-electron chi connectivity index (χ1n) is 7.78. The highest BCUT2D eigenvalue weighted by molar-refractivity contribution is 7.99. The van der Waals surface area contributed by atoms with E-state index in [9.17, 15) is 9.59 Å². The second kappa shape index (κ2) is 8.78. The third kappa shape index (κ3) is 4.73. The number of urea groups is 1. The molecule has 2 amide bonds. The largest absolute Gasteiger partial charge is 0.337 e. The Balaban J connectivity index is 1.86. The van der Waals surface area contributed by atoms with Crippen LogP contribution in [0.15, 0.2) is 24.4 Å². The van der Waals surface area contributed by atoms with Crippen LogP contribution in [-0.4, -0.2) is 52.8 Å². The summed E-state index contributed by atoms with van der Waals surface area (Å²) in [7, 11) is 0. The molecule has 1 aliphatic rings. The number of amides is 2. The Hall–Kier alpha value is -1.56. The molecule has 0 unspecified atom stereocenters. The maximum Gasteiger partial charge on any atom is 0.317 e. The molecule has 0 aromatic carbocycles. The van der Waals surface area contributed by atoms with Crippen LogP contribution in [0.5, 0.6) is 0 Å². The van der Waals surface area contributed by atoms with Gasteiger partial charge in [0.1, 0.15) is 5.69 Å². The van der Waals surface area contributed by atoms with Gasteiger partial charge in [-0.15, -0.1) is 0 Å². The molecule has 22 heavy (non-hydrogen) atoms. The summed E-state index contributed by atoms with van der Waals surface area (Å²) < 4.78 is 0. The molecular formula is C16H23N3O2S. The van der Waals surface area contributed by atoms with Crippen LogP contribution in [0.25, 0.3) is 0 Å². The van der Waals surface area contributed by atoms with Crippen LogP contribution in [0.1, 0.15) is 30.3 Å². The number of piperidine rings is 1. The number of hydrogen-bond acceptors (Lipinski definition) is 4. The molecule has 0 bridgehead atoms. The minimum atomic E-state index is -0.139. The molecule has 2 rings (SSSR count). The standard InChI is InChI=1S/C16H23N3O2S/c1-2-22-11-9-18-16(21)19-10-5-6-13(12-19)15(20)14-7-3-4-8-17-14/h3-4,7-8,13H,2,5-6,9-12H2,1H3,(H,18,21)/t13-/m0/s1. The summed E-state index contributed by atoms with van der Waals surface area (Å²) in [4.78, 5) is 30.5. The third-order valence-corrected chi connectivity index (χ3v) is 4.62. The van der Waals surface area contributed by atoms with E-state index in [0.29, 0.717) is 18.8 Å². The summed E-state index contributed by atoms with van der Waals surface area (Å²) in [5.41, 5.74) is 0.495. The molecule has 1 aliphatic heterocycles. The van der Waals surface area contributed by atoms with E-state index in [-0.39, 0.29) is 17.7 Å². The minimum Gasteiger partial charge on any atom is -0.337 e. The third-order valence-electron chi connectivity index (χ3n) is 3.72. The van der Waals surface area contributed by atoms with Gasteiger partial charge in [-0.05, 0) is 30.7 Å². The fraction of sp³-hybridized carbons (Fsp3) is 0.562. The quantitative estimate of drug-likeness (QED) is 0.646. The highest BCUT2D eigenvalue weighted by Gasteiger charge is 2.29. The number of nitrogens with zero attached hydrogens (tertiary/aromatic N) is 2. The number of pyridine rings is 1. The summed E-state index contributed by atoms with van der Waals surface area (Å²) in [6.45, 7) is 3.98.